The Hall–Kier alpha value is -1.65. The van der Waals surface area contributed by atoms with Crippen LogP contribution in [-0.2, 0) is 0 Å². The summed E-state index contributed by atoms with van der Waals surface area (Å²) in [5, 5.41) is 13.4. The highest BCUT2D eigenvalue weighted by molar-refractivity contribution is 5.51. The highest BCUT2D eigenvalue weighted by atomic mass is 19.1. The standard InChI is InChI=1S/C10H13FN2O2/c1-7(2)6-12-8-3-4-9(11)10(5-8)13(14)15/h3-5,7,12H,6H2,1-2H3. The summed E-state index contributed by atoms with van der Waals surface area (Å²) < 4.78 is 12.9. The topological polar surface area (TPSA) is 55.2 Å². The number of hydrogen-bond donors (Lipinski definition) is 1. The lowest BCUT2D eigenvalue weighted by molar-refractivity contribution is -0.387. The molecular weight excluding hydrogens is 199 g/mol. The number of anilines is 1. The van der Waals surface area contributed by atoms with Gasteiger partial charge in [-0.05, 0) is 18.1 Å². The summed E-state index contributed by atoms with van der Waals surface area (Å²) >= 11 is 0. The van der Waals surface area contributed by atoms with Crippen molar-refractivity contribution < 1.29 is 9.31 Å². The number of nitro benzene ring substituents is 1. The Bertz CT molecular complexity index is 366. The predicted molar refractivity (Wildman–Crippen MR) is 56.4 cm³/mol. The zero-order valence-electron chi connectivity index (χ0n) is 8.66. The zero-order chi connectivity index (χ0) is 11.4. The van der Waals surface area contributed by atoms with E-state index in [1.54, 1.807) is 0 Å². The van der Waals surface area contributed by atoms with Crippen LogP contribution in [-0.4, -0.2) is 11.5 Å². The molecule has 15 heavy (non-hydrogen) atoms. The van der Waals surface area contributed by atoms with E-state index in [1.165, 1.54) is 12.1 Å². The van der Waals surface area contributed by atoms with Gasteiger partial charge in [0.15, 0.2) is 0 Å². The fourth-order valence-electron chi connectivity index (χ4n) is 1.08. The summed E-state index contributed by atoms with van der Waals surface area (Å²) in [4.78, 5) is 9.72. The molecule has 0 amide bonds. The predicted octanol–water partition coefficient (Wildman–Crippen LogP) is 2.80. The molecule has 0 saturated carbocycles. The lowest BCUT2D eigenvalue weighted by Gasteiger charge is -2.08. The second-order valence-corrected chi connectivity index (χ2v) is 3.70. The van der Waals surface area contributed by atoms with Gasteiger partial charge in [-0.3, -0.25) is 10.1 Å². The van der Waals surface area contributed by atoms with E-state index in [9.17, 15) is 14.5 Å². The third kappa shape index (κ3) is 3.19. The largest absolute Gasteiger partial charge is 0.385 e. The molecule has 0 saturated heterocycles. The lowest BCUT2D eigenvalue weighted by Crippen LogP contribution is -2.08. The van der Waals surface area contributed by atoms with Crippen molar-refractivity contribution in [2.24, 2.45) is 5.92 Å². The average molecular weight is 212 g/mol. The smallest absolute Gasteiger partial charge is 0.306 e. The summed E-state index contributed by atoms with van der Waals surface area (Å²) in [6.07, 6.45) is 0. The Morgan fingerprint density at radius 1 is 1.53 bits per heavy atom. The van der Waals surface area contributed by atoms with E-state index in [4.69, 9.17) is 0 Å². The van der Waals surface area contributed by atoms with Crippen LogP contribution < -0.4 is 5.32 Å². The number of nitrogens with one attached hydrogen (secondary N) is 1. The summed E-state index contributed by atoms with van der Waals surface area (Å²) in [5.41, 5.74) is 0.0700. The molecule has 0 aliphatic rings. The fraction of sp³-hybridized carbons (Fsp3) is 0.400. The van der Waals surface area contributed by atoms with Crippen molar-refractivity contribution in [3.63, 3.8) is 0 Å². The monoisotopic (exact) mass is 212 g/mol. The summed E-state index contributed by atoms with van der Waals surface area (Å²) in [5.74, 6) is -0.385. The maximum Gasteiger partial charge on any atom is 0.306 e. The van der Waals surface area contributed by atoms with Crippen molar-refractivity contribution >= 4 is 11.4 Å². The van der Waals surface area contributed by atoms with Gasteiger partial charge in [-0.25, -0.2) is 0 Å². The van der Waals surface area contributed by atoms with E-state index in [0.29, 0.717) is 18.2 Å². The van der Waals surface area contributed by atoms with E-state index in [-0.39, 0.29) is 0 Å². The molecule has 0 radical (unpaired) electrons. The molecule has 1 aromatic rings. The molecule has 1 N–H and O–H groups in total. The van der Waals surface area contributed by atoms with Gasteiger partial charge >= 0.3 is 5.69 Å². The van der Waals surface area contributed by atoms with Crippen LogP contribution >= 0.6 is 0 Å². The molecule has 1 rings (SSSR count). The first-order chi connectivity index (χ1) is 7.00. The van der Waals surface area contributed by atoms with Gasteiger partial charge in [0.25, 0.3) is 0 Å². The first-order valence-corrected chi connectivity index (χ1v) is 4.68. The second-order valence-electron chi connectivity index (χ2n) is 3.70. The number of nitro groups is 1. The van der Waals surface area contributed by atoms with Gasteiger partial charge in [-0.2, -0.15) is 4.39 Å². The normalized spacial score (nSPS) is 10.4. The molecular formula is C10H13FN2O2. The molecule has 0 atom stereocenters. The zero-order valence-corrected chi connectivity index (χ0v) is 8.66. The Kier molecular flexibility index (Phi) is 3.60. The van der Waals surface area contributed by atoms with Gasteiger partial charge < -0.3 is 5.32 Å². The Labute approximate surface area is 87.3 Å². The number of nitrogens with zero attached hydrogens (tertiary/aromatic N) is 1. The Morgan fingerprint density at radius 3 is 2.73 bits per heavy atom. The quantitative estimate of drug-likeness (QED) is 0.616. The maximum atomic E-state index is 12.9. The molecule has 0 heterocycles. The molecule has 0 aliphatic carbocycles. The molecule has 0 bridgehead atoms. The Balaban J connectivity index is 2.83. The van der Waals surface area contributed by atoms with Gasteiger partial charge in [0.2, 0.25) is 5.82 Å². The van der Waals surface area contributed by atoms with Crippen molar-refractivity contribution in [3.8, 4) is 0 Å². The molecule has 82 valence electrons. The molecule has 4 nitrogen and oxygen atoms in total. The Morgan fingerprint density at radius 2 is 2.20 bits per heavy atom. The van der Waals surface area contributed by atoms with Gasteiger partial charge in [0.1, 0.15) is 0 Å². The van der Waals surface area contributed by atoms with Crippen LogP contribution in [0.5, 0.6) is 0 Å². The van der Waals surface area contributed by atoms with Crippen molar-refractivity contribution in [3.05, 3.63) is 34.1 Å². The van der Waals surface area contributed by atoms with Gasteiger partial charge in [0, 0.05) is 18.3 Å². The molecule has 5 heteroatoms. The first kappa shape index (κ1) is 11.4. The lowest BCUT2D eigenvalue weighted by atomic mass is 10.2. The molecule has 0 aliphatic heterocycles. The SMILES string of the molecule is CC(C)CNc1ccc(F)c([N+](=O)[O-])c1. The van der Waals surface area contributed by atoms with Gasteiger partial charge in [-0.15, -0.1) is 0 Å². The van der Waals surface area contributed by atoms with Crippen molar-refractivity contribution in [1.82, 2.24) is 0 Å². The van der Waals surface area contributed by atoms with Crippen LogP contribution in [0.15, 0.2) is 18.2 Å². The van der Waals surface area contributed by atoms with Gasteiger partial charge in [-0.1, -0.05) is 13.8 Å². The minimum Gasteiger partial charge on any atom is -0.385 e. The number of rotatable bonds is 4. The average Bonchev–Trinajstić information content (AvgIpc) is 2.16. The third-order valence-corrected chi connectivity index (χ3v) is 1.86. The van der Waals surface area contributed by atoms with Crippen LogP contribution in [0.2, 0.25) is 0 Å². The number of hydrogen-bond acceptors (Lipinski definition) is 3. The number of benzene rings is 1. The van der Waals surface area contributed by atoms with E-state index in [2.05, 4.69) is 5.32 Å². The number of halogens is 1. The molecule has 0 unspecified atom stereocenters. The van der Waals surface area contributed by atoms with E-state index in [1.807, 2.05) is 13.8 Å². The van der Waals surface area contributed by atoms with Gasteiger partial charge in [0.05, 0.1) is 4.92 Å². The summed E-state index contributed by atoms with van der Waals surface area (Å²) in [7, 11) is 0. The third-order valence-electron chi connectivity index (χ3n) is 1.86. The van der Waals surface area contributed by atoms with Crippen LogP contribution in [0.25, 0.3) is 0 Å². The molecule has 0 aromatic heterocycles. The molecule has 0 spiro atoms. The minimum atomic E-state index is -0.810. The van der Waals surface area contributed by atoms with E-state index < -0.39 is 16.4 Å². The van der Waals surface area contributed by atoms with Crippen LogP contribution in [0.4, 0.5) is 15.8 Å². The van der Waals surface area contributed by atoms with Crippen molar-refractivity contribution in [1.29, 1.82) is 0 Å². The molecule has 0 fully saturated rings. The minimum absolute atomic E-state index is 0.425. The van der Waals surface area contributed by atoms with E-state index >= 15 is 0 Å². The van der Waals surface area contributed by atoms with Crippen LogP contribution in [0.1, 0.15) is 13.8 Å². The second kappa shape index (κ2) is 4.72. The van der Waals surface area contributed by atoms with E-state index in [0.717, 1.165) is 6.07 Å². The summed E-state index contributed by atoms with van der Waals surface area (Å²) in [6.45, 7) is 4.73. The molecule has 1 aromatic carbocycles. The fourth-order valence-corrected chi connectivity index (χ4v) is 1.08. The highest BCUT2D eigenvalue weighted by Gasteiger charge is 2.13. The van der Waals surface area contributed by atoms with Crippen molar-refractivity contribution in [2.75, 3.05) is 11.9 Å². The summed E-state index contributed by atoms with van der Waals surface area (Å²) in [6, 6.07) is 3.79. The first-order valence-electron chi connectivity index (χ1n) is 4.68. The van der Waals surface area contributed by atoms with Crippen LogP contribution in [0, 0.1) is 21.8 Å². The van der Waals surface area contributed by atoms with Crippen LogP contribution in [0.3, 0.4) is 0 Å². The highest BCUT2D eigenvalue weighted by Crippen LogP contribution is 2.21. The maximum absolute atomic E-state index is 12.9. The van der Waals surface area contributed by atoms with Crippen molar-refractivity contribution in [2.45, 2.75) is 13.8 Å².